The maximum absolute atomic E-state index is 5.29. The summed E-state index contributed by atoms with van der Waals surface area (Å²) in [6.45, 7) is 5.59. The number of hydrogen-bond acceptors (Lipinski definition) is 4. The molecule has 0 amide bonds. The summed E-state index contributed by atoms with van der Waals surface area (Å²) < 4.78 is 5.29. The molecule has 2 rings (SSSR count). The lowest BCUT2D eigenvalue weighted by Gasteiger charge is -2.25. The average Bonchev–Trinajstić information content (AvgIpc) is 2.37. The van der Waals surface area contributed by atoms with Crippen molar-refractivity contribution in [2.24, 2.45) is 4.99 Å². The highest BCUT2D eigenvalue weighted by Crippen LogP contribution is 1.96. The normalized spacial score (nSPS) is 18.0. The lowest BCUT2D eigenvalue weighted by atomic mass is 10.4. The highest BCUT2D eigenvalue weighted by Gasteiger charge is 2.08. The number of hydrogen-bond donors (Lipinski definition) is 0. The van der Waals surface area contributed by atoms with Crippen LogP contribution in [0.25, 0.3) is 0 Å². The third-order valence-corrected chi connectivity index (χ3v) is 2.56. The molecule has 0 aliphatic carbocycles. The molecule has 0 aromatic carbocycles. The van der Waals surface area contributed by atoms with Crippen molar-refractivity contribution in [1.82, 2.24) is 9.88 Å². The van der Waals surface area contributed by atoms with Crippen LogP contribution in [-0.2, 0) is 4.74 Å². The van der Waals surface area contributed by atoms with Gasteiger partial charge in [-0.3, -0.25) is 14.9 Å². The van der Waals surface area contributed by atoms with Gasteiger partial charge in [-0.2, -0.15) is 0 Å². The first-order valence-electron chi connectivity index (χ1n) is 5.66. The molecule has 4 heteroatoms. The Bertz CT molecular complexity index is 320. The van der Waals surface area contributed by atoms with Gasteiger partial charge in [0.15, 0.2) is 0 Å². The third-order valence-electron chi connectivity index (χ3n) is 2.56. The zero-order valence-electron chi connectivity index (χ0n) is 9.38. The fourth-order valence-corrected chi connectivity index (χ4v) is 1.63. The molecule has 1 saturated heterocycles. The first-order chi connectivity index (χ1) is 7.95. The largest absolute Gasteiger partial charge is 0.379 e. The minimum Gasteiger partial charge on any atom is -0.379 e. The number of aliphatic imine (C=N–C) groups is 1. The third kappa shape index (κ3) is 3.72. The van der Waals surface area contributed by atoms with E-state index in [1.54, 1.807) is 6.20 Å². The molecule has 1 aromatic rings. The van der Waals surface area contributed by atoms with Gasteiger partial charge < -0.3 is 4.74 Å². The molecular weight excluding hydrogens is 202 g/mol. The summed E-state index contributed by atoms with van der Waals surface area (Å²) in [5.74, 6) is 0. The lowest BCUT2D eigenvalue weighted by Crippen LogP contribution is -2.37. The molecule has 4 nitrogen and oxygen atoms in total. The van der Waals surface area contributed by atoms with Gasteiger partial charge in [-0.05, 0) is 12.1 Å². The summed E-state index contributed by atoms with van der Waals surface area (Å²) in [6.07, 6.45) is 3.61. The highest BCUT2D eigenvalue weighted by atomic mass is 16.5. The second kappa shape index (κ2) is 6.35. The van der Waals surface area contributed by atoms with E-state index in [1.165, 1.54) is 0 Å². The van der Waals surface area contributed by atoms with Crippen molar-refractivity contribution in [3.8, 4) is 0 Å². The first kappa shape index (κ1) is 11.2. The van der Waals surface area contributed by atoms with Gasteiger partial charge in [-0.1, -0.05) is 6.07 Å². The van der Waals surface area contributed by atoms with Crippen LogP contribution in [0.2, 0.25) is 0 Å². The van der Waals surface area contributed by atoms with E-state index < -0.39 is 0 Å². The minimum absolute atomic E-state index is 0.830. The van der Waals surface area contributed by atoms with E-state index in [-0.39, 0.29) is 0 Å². The number of aromatic nitrogens is 1. The SMILES string of the molecule is C(=NCCN1CCOCC1)c1ccccn1. The van der Waals surface area contributed by atoms with Crippen molar-refractivity contribution in [2.75, 3.05) is 39.4 Å². The molecule has 2 heterocycles. The van der Waals surface area contributed by atoms with Crippen LogP contribution in [0.1, 0.15) is 5.69 Å². The lowest BCUT2D eigenvalue weighted by molar-refractivity contribution is 0.0395. The predicted octanol–water partition coefficient (Wildman–Crippen LogP) is 0.833. The molecule has 1 aliphatic heterocycles. The summed E-state index contributed by atoms with van der Waals surface area (Å²) in [4.78, 5) is 10.9. The molecule has 0 atom stereocenters. The Hall–Kier alpha value is -1.26. The van der Waals surface area contributed by atoms with Crippen molar-refractivity contribution >= 4 is 6.21 Å². The Balaban J connectivity index is 1.69. The van der Waals surface area contributed by atoms with Gasteiger partial charge in [-0.15, -0.1) is 0 Å². The summed E-state index contributed by atoms with van der Waals surface area (Å²) in [7, 11) is 0. The van der Waals surface area contributed by atoms with Crippen LogP contribution in [-0.4, -0.2) is 55.5 Å². The molecule has 16 heavy (non-hydrogen) atoms. The van der Waals surface area contributed by atoms with Crippen molar-refractivity contribution < 1.29 is 4.74 Å². The zero-order valence-corrected chi connectivity index (χ0v) is 9.38. The quantitative estimate of drug-likeness (QED) is 0.704. The monoisotopic (exact) mass is 219 g/mol. The Morgan fingerprint density at radius 3 is 3.00 bits per heavy atom. The standard InChI is InChI=1S/C12H17N3O/c1-2-4-14-12(3-1)11-13-5-6-15-7-9-16-10-8-15/h1-4,11H,5-10H2. The summed E-state index contributed by atoms with van der Waals surface area (Å²) >= 11 is 0. The van der Waals surface area contributed by atoms with Crippen LogP contribution in [0.5, 0.6) is 0 Å². The van der Waals surface area contributed by atoms with E-state index in [4.69, 9.17) is 4.74 Å². The number of pyridine rings is 1. The first-order valence-corrected chi connectivity index (χ1v) is 5.66. The van der Waals surface area contributed by atoms with E-state index >= 15 is 0 Å². The van der Waals surface area contributed by atoms with Gasteiger partial charge in [0, 0.05) is 32.0 Å². The molecule has 0 bridgehead atoms. The average molecular weight is 219 g/mol. The number of morpholine rings is 1. The maximum Gasteiger partial charge on any atom is 0.0807 e. The molecule has 0 radical (unpaired) electrons. The Kier molecular flexibility index (Phi) is 4.46. The predicted molar refractivity (Wildman–Crippen MR) is 64.0 cm³/mol. The molecule has 0 spiro atoms. The fourth-order valence-electron chi connectivity index (χ4n) is 1.63. The van der Waals surface area contributed by atoms with Crippen LogP contribution in [0, 0.1) is 0 Å². The van der Waals surface area contributed by atoms with Gasteiger partial charge in [0.05, 0.1) is 25.5 Å². The molecule has 0 unspecified atom stereocenters. The summed E-state index contributed by atoms with van der Waals surface area (Å²) in [5.41, 5.74) is 0.921. The molecule has 1 aromatic heterocycles. The molecule has 86 valence electrons. The topological polar surface area (TPSA) is 37.7 Å². The van der Waals surface area contributed by atoms with Gasteiger partial charge in [-0.25, -0.2) is 0 Å². The Labute approximate surface area is 96.0 Å². The molecule has 0 N–H and O–H groups in total. The van der Waals surface area contributed by atoms with E-state index in [2.05, 4.69) is 14.9 Å². The van der Waals surface area contributed by atoms with Crippen molar-refractivity contribution in [3.05, 3.63) is 30.1 Å². The Morgan fingerprint density at radius 2 is 2.25 bits per heavy atom. The van der Waals surface area contributed by atoms with Gasteiger partial charge >= 0.3 is 0 Å². The fraction of sp³-hybridized carbons (Fsp3) is 0.500. The molecular formula is C12H17N3O. The second-order valence-electron chi connectivity index (χ2n) is 3.74. The van der Waals surface area contributed by atoms with E-state index in [0.717, 1.165) is 45.1 Å². The number of ether oxygens (including phenoxy) is 1. The second-order valence-corrected chi connectivity index (χ2v) is 3.74. The van der Waals surface area contributed by atoms with Crippen LogP contribution in [0.15, 0.2) is 29.4 Å². The van der Waals surface area contributed by atoms with E-state index in [1.807, 2.05) is 24.4 Å². The van der Waals surface area contributed by atoms with Gasteiger partial charge in [0.25, 0.3) is 0 Å². The number of nitrogens with zero attached hydrogens (tertiary/aromatic N) is 3. The highest BCUT2D eigenvalue weighted by molar-refractivity contribution is 5.76. The molecule has 1 aliphatic rings. The van der Waals surface area contributed by atoms with E-state index in [9.17, 15) is 0 Å². The van der Waals surface area contributed by atoms with Gasteiger partial charge in [0.2, 0.25) is 0 Å². The molecule has 0 saturated carbocycles. The van der Waals surface area contributed by atoms with Gasteiger partial charge in [0.1, 0.15) is 0 Å². The zero-order chi connectivity index (χ0) is 11.1. The molecule has 1 fully saturated rings. The minimum atomic E-state index is 0.830. The van der Waals surface area contributed by atoms with Crippen LogP contribution < -0.4 is 0 Å². The summed E-state index contributed by atoms with van der Waals surface area (Å²) in [5, 5.41) is 0. The van der Waals surface area contributed by atoms with Crippen LogP contribution in [0.4, 0.5) is 0 Å². The van der Waals surface area contributed by atoms with Crippen molar-refractivity contribution in [3.63, 3.8) is 0 Å². The van der Waals surface area contributed by atoms with Crippen molar-refractivity contribution in [1.29, 1.82) is 0 Å². The Morgan fingerprint density at radius 1 is 1.38 bits per heavy atom. The van der Waals surface area contributed by atoms with Crippen LogP contribution in [0.3, 0.4) is 0 Å². The smallest absolute Gasteiger partial charge is 0.0807 e. The summed E-state index contributed by atoms with van der Waals surface area (Å²) in [6, 6.07) is 5.83. The van der Waals surface area contributed by atoms with Crippen LogP contribution >= 0.6 is 0 Å². The van der Waals surface area contributed by atoms with E-state index in [0.29, 0.717) is 0 Å². The van der Waals surface area contributed by atoms with Crippen molar-refractivity contribution in [2.45, 2.75) is 0 Å². The number of rotatable bonds is 4. The maximum atomic E-state index is 5.29.